The smallest absolute Gasteiger partial charge is 0.410 e. The molecule has 2 aliphatic heterocycles. The fourth-order valence-corrected chi connectivity index (χ4v) is 2.60. The lowest BCUT2D eigenvalue weighted by Crippen LogP contribution is -2.72. The van der Waals surface area contributed by atoms with Gasteiger partial charge < -0.3 is 20.1 Å². The zero-order valence-corrected chi connectivity index (χ0v) is 11.7. The zero-order chi connectivity index (χ0) is 14.3. The highest BCUT2D eigenvalue weighted by atomic mass is 16.6. The van der Waals surface area contributed by atoms with Crippen molar-refractivity contribution >= 4 is 12.1 Å². The van der Waals surface area contributed by atoms with Crippen molar-refractivity contribution in [3.05, 3.63) is 0 Å². The Balaban J connectivity index is 1.80. The number of piperidine rings is 1. The van der Waals surface area contributed by atoms with Crippen molar-refractivity contribution in [2.45, 2.75) is 44.8 Å². The average Bonchev–Trinajstić information content (AvgIpc) is 2.23. The van der Waals surface area contributed by atoms with E-state index in [1.165, 1.54) is 0 Å². The summed E-state index contributed by atoms with van der Waals surface area (Å²) in [6, 6.07) is 0. The minimum absolute atomic E-state index is 0.0944. The lowest BCUT2D eigenvalue weighted by molar-refractivity contribution is -0.143. The van der Waals surface area contributed by atoms with Crippen molar-refractivity contribution in [3.63, 3.8) is 0 Å². The lowest BCUT2D eigenvalue weighted by atomic mass is 9.79. The molecule has 0 aromatic heterocycles. The number of rotatable bonds is 1. The van der Waals surface area contributed by atoms with Gasteiger partial charge in [-0.05, 0) is 33.6 Å². The third-order valence-electron chi connectivity index (χ3n) is 3.68. The summed E-state index contributed by atoms with van der Waals surface area (Å²) in [4.78, 5) is 24.4. The number of nitrogens with zero attached hydrogens (tertiary/aromatic N) is 1. The van der Waals surface area contributed by atoms with Crippen molar-refractivity contribution in [1.82, 2.24) is 10.2 Å². The molecule has 0 bridgehead atoms. The van der Waals surface area contributed by atoms with Crippen LogP contribution in [0.1, 0.15) is 33.6 Å². The maximum absolute atomic E-state index is 11.8. The number of hydrogen-bond donors (Lipinski definition) is 2. The van der Waals surface area contributed by atoms with Gasteiger partial charge in [0.05, 0.1) is 11.5 Å². The van der Waals surface area contributed by atoms with Gasteiger partial charge in [-0.3, -0.25) is 4.79 Å². The molecule has 0 aromatic carbocycles. The Morgan fingerprint density at radius 3 is 2.42 bits per heavy atom. The molecule has 0 aliphatic carbocycles. The second kappa shape index (κ2) is 4.67. The molecule has 6 nitrogen and oxygen atoms in total. The molecule has 2 rings (SSSR count). The van der Waals surface area contributed by atoms with E-state index >= 15 is 0 Å². The third-order valence-corrected chi connectivity index (χ3v) is 3.68. The summed E-state index contributed by atoms with van der Waals surface area (Å²) in [5, 5.41) is 12.2. The summed E-state index contributed by atoms with van der Waals surface area (Å²) in [5.74, 6) is -1.05. The van der Waals surface area contributed by atoms with Crippen LogP contribution in [0.4, 0.5) is 4.79 Å². The van der Waals surface area contributed by atoms with E-state index in [4.69, 9.17) is 9.84 Å². The summed E-state index contributed by atoms with van der Waals surface area (Å²) in [7, 11) is 0. The van der Waals surface area contributed by atoms with Crippen LogP contribution in [0.5, 0.6) is 0 Å². The highest BCUT2D eigenvalue weighted by Gasteiger charge is 2.48. The first-order chi connectivity index (χ1) is 8.71. The number of carboxylic acid groups (broad SMARTS) is 1. The first-order valence-corrected chi connectivity index (χ1v) is 6.67. The van der Waals surface area contributed by atoms with Crippen LogP contribution in [-0.2, 0) is 9.53 Å². The van der Waals surface area contributed by atoms with E-state index < -0.39 is 11.6 Å². The van der Waals surface area contributed by atoms with Crippen molar-refractivity contribution in [2.75, 3.05) is 19.6 Å². The minimum Gasteiger partial charge on any atom is -0.481 e. The number of carbonyl (C=O) groups excluding carboxylic acids is 1. The molecular weight excluding hydrogens is 248 g/mol. The Kier molecular flexibility index (Phi) is 3.47. The van der Waals surface area contributed by atoms with Gasteiger partial charge in [0.2, 0.25) is 0 Å². The third kappa shape index (κ3) is 3.18. The van der Waals surface area contributed by atoms with E-state index in [1.54, 1.807) is 4.90 Å². The molecule has 1 unspecified atom stereocenters. The van der Waals surface area contributed by atoms with E-state index in [0.717, 1.165) is 6.42 Å². The van der Waals surface area contributed by atoms with Gasteiger partial charge in [0.1, 0.15) is 5.60 Å². The minimum atomic E-state index is -0.745. The summed E-state index contributed by atoms with van der Waals surface area (Å²) < 4.78 is 5.30. The van der Waals surface area contributed by atoms with E-state index in [0.29, 0.717) is 26.1 Å². The van der Waals surface area contributed by atoms with Crippen LogP contribution in [0.2, 0.25) is 0 Å². The highest BCUT2D eigenvalue weighted by molar-refractivity contribution is 5.71. The van der Waals surface area contributed by atoms with Crippen molar-refractivity contribution < 1.29 is 19.4 Å². The number of carbonyl (C=O) groups is 2. The number of likely N-dealkylation sites (tertiary alicyclic amines) is 1. The normalized spacial score (nSPS) is 25.8. The molecule has 0 aromatic rings. The van der Waals surface area contributed by atoms with Crippen LogP contribution in [0.3, 0.4) is 0 Å². The average molecular weight is 270 g/mol. The molecule has 2 fully saturated rings. The standard InChI is InChI=1S/C13H22N2O4/c1-12(2,3)19-11(18)15-7-13(8-15)5-4-9(6-14-13)10(16)17/h9,14H,4-8H2,1-3H3,(H,16,17). The van der Waals surface area contributed by atoms with Gasteiger partial charge in [0, 0.05) is 19.6 Å². The SMILES string of the molecule is CC(C)(C)OC(=O)N1CC2(CCC(C(=O)O)CN2)C1. The molecule has 6 heteroatoms. The predicted molar refractivity (Wildman–Crippen MR) is 68.9 cm³/mol. The maximum Gasteiger partial charge on any atom is 0.410 e. The Bertz CT molecular complexity index is 373. The van der Waals surface area contributed by atoms with E-state index in [-0.39, 0.29) is 17.6 Å². The number of amides is 1. The monoisotopic (exact) mass is 270 g/mol. The zero-order valence-electron chi connectivity index (χ0n) is 11.7. The van der Waals surface area contributed by atoms with Gasteiger partial charge in [-0.1, -0.05) is 0 Å². The molecule has 19 heavy (non-hydrogen) atoms. The fourth-order valence-electron chi connectivity index (χ4n) is 2.60. The van der Waals surface area contributed by atoms with Crippen LogP contribution < -0.4 is 5.32 Å². The molecule has 1 atom stereocenters. The number of carboxylic acids is 1. The van der Waals surface area contributed by atoms with Gasteiger partial charge in [0.15, 0.2) is 0 Å². The highest BCUT2D eigenvalue weighted by Crippen LogP contribution is 2.32. The molecule has 2 heterocycles. The number of ether oxygens (including phenoxy) is 1. The molecule has 1 spiro atoms. The largest absolute Gasteiger partial charge is 0.481 e. The first-order valence-electron chi connectivity index (χ1n) is 6.67. The van der Waals surface area contributed by atoms with E-state index in [1.807, 2.05) is 20.8 Å². The second-order valence-electron chi connectivity index (χ2n) is 6.57. The van der Waals surface area contributed by atoms with Gasteiger partial charge in [-0.25, -0.2) is 4.79 Å². The van der Waals surface area contributed by atoms with Crippen molar-refractivity contribution in [3.8, 4) is 0 Å². The second-order valence-corrected chi connectivity index (χ2v) is 6.57. The number of aliphatic carboxylic acids is 1. The lowest BCUT2D eigenvalue weighted by Gasteiger charge is -2.53. The van der Waals surface area contributed by atoms with Gasteiger partial charge in [-0.15, -0.1) is 0 Å². The van der Waals surface area contributed by atoms with Gasteiger partial charge >= 0.3 is 12.1 Å². The Morgan fingerprint density at radius 2 is 2.00 bits per heavy atom. The van der Waals surface area contributed by atoms with Crippen LogP contribution >= 0.6 is 0 Å². The van der Waals surface area contributed by atoms with Crippen LogP contribution in [0.25, 0.3) is 0 Å². The molecule has 0 saturated carbocycles. The summed E-state index contributed by atoms with van der Waals surface area (Å²) >= 11 is 0. The van der Waals surface area contributed by atoms with Crippen molar-refractivity contribution in [1.29, 1.82) is 0 Å². The summed E-state index contributed by atoms with van der Waals surface area (Å²) in [5.41, 5.74) is -0.572. The number of nitrogens with one attached hydrogen (secondary N) is 1. The summed E-state index contributed by atoms with van der Waals surface area (Å²) in [6.45, 7) is 7.23. The Labute approximate surface area is 113 Å². The molecule has 2 aliphatic rings. The van der Waals surface area contributed by atoms with E-state index in [2.05, 4.69) is 5.32 Å². The maximum atomic E-state index is 11.8. The van der Waals surface area contributed by atoms with Crippen LogP contribution in [0, 0.1) is 5.92 Å². The molecule has 2 saturated heterocycles. The molecule has 0 radical (unpaired) electrons. The molecular formula is C13H22N2O4. The molecule has 2 N–H and O–H groups in total. The topological polar surface area (TPSA) is 78.9 Å². The first kappa shape index (κ1) is 14.1. The Hall–Kier alpha value is -1.30. The van der Waals surface area contributed by atoms with Gasteiger partial charge in [-0.2, -0.15) is 0 Å². The van der Waals surface area contributed by atoms with Crippen LogP contribution in [-0.4, -0.2) is 52.8 Å². The molecule has 1 amide bonds. The summed E-state index contributed by atoms with van der Waals surface area (Å²) in [6.07, 6.45) is 1.17. The quantitative estimate of drug-likeness (QED) is 0.745. The van der Waals surface area contributed by atoms with Crippen LogP contribution in [0.15, 0.2) is 0 Å². The van der Waals surface area contributed by atoms with E-state index in [9.17, 15) is 9.59 Å². The Morgan fingerprint density at radius 1 is 1.37 bits per heavy atom. The van der Waals surface area contributed by atoms with Crippen molar-refractivity contribution in [2.24, 2.45) is 5.92 Å². The molecule has 108 valence electrons. The van der Waals surface area contributed by atoms with Gasteiger partial charge in [0.25, 0.3) is 0 Å². The fraction of sp³-hybridized carbons (Fsp3) is 0.846. The number of hydrogen-bond acceptors (Lipinski definition) is 4. The predicted octanol–water partition coefficient (Wildman–Crippen LogP) is 1.06.